The topological polar surface area (TPSA) is 26.3 Å². The molecule has 0 bridgehead atoms. The first-order valence-corrected chi connectivity index (χ1v) is 7.23. The number of thioether (sulfide) groups is 1. The lowest BCUT2D eigenvalue weighted by atomic mass is 10.0. The summed E-state index contributed by atoms with van der Waals surface area (Å²) >= 11 is 1.68. The molecule has 0 fully saturated rings. The predicted molar refractivity (Wildman–Crippen MR) is 73.6 cm³/mol. The minimum absolute atomic E-state index is 0.0981. The second-order valence-electron chi connectivity index (χ2n) is 4.14. The SMILES string of the molecule is CSCCOC(=O)CCc1ccc(C)cc1C. The van der Waals surface area contributed by atoms with Crippen LogP contribution in [0.25, 0.3) is 0 Å². The average Bonchev–Trinajstić information content (AvgIpc) is 2.28. The van der Waals surface area contributed by atoms with Gasteiger partial charge in [0.2, 0.25) is 0 Å². The number of aryl methyl sites for hydroxylation is 3. The highest BCUT2D eigenvalue weighted by atomic mass is 32.2. The van der Waals surface area contributed by atoms with E-state index < -0.39 is 0 Å². The van der Waals surface area contributed by atoms with Gasteiger partial charge in [-0.15, -0.1) is 0 Å². The summed E-state index contributed by atoms with van der Waals surface area (Å²) < 4.78 is 5.11. The summed E-state index contributed by atoms with van der Waals surface area (Å²) in [7, 11) is 0. The minimum Gasteiger partial charge on any atom is -0.465 e. The molecule has 1 aromatic carbocycles. The first-order valence-electron chi connectivity index (χ1n) is 5.84. The van der Waals surface area contributed by atoms with Gasteiger partial charge in [0.25, 0.3) is 0 Å². The van der Waals surface area contributed by atoms with Gasteiger partial charge in [-0.25, -0.2) is 0 Å². The standard InChI is InChI=1S/C14H20O2S/c1-11-4-5-13(12(2)10-11)6-7-14(15)16-8-9-17-3/h4-5,10H,6-9H2,1-3H3. The van der Waals surface area contributed by atoms with Crippen LogP contribution in [0, 0.1) is 13.8 Å². The lowest BCUT2D eigenvalue weighted by Gasteiger charge is -2.07. The Labute approximate surface area is 108 Å². The van der Waals surface area contributed by atoms with Gasteiger partial charge >= 0.3 is 5.97 Å². The Morgan fingerprint density at radius 3 is 2.76 bits per heavy atom. The van der Waals surface area contributed by atoms with E-state index in [9.17, 15) is 4.79 Å². The molecule has 0 radical (unpaired) electrons. The van der Waals surface area contributed by atoms with E-state index in [1.54, 1.807) is 11.8 Å². The second kappa shape index (κ2) is 7.38. The van der Waals surface area contributed by atoms with Crippen LogP contribution in [0.15, 0.2) is 18.2 Å². The molecule has 3 heteroatoms. The highest BCUT2D eigenvalue weighted by Crippen LogP contribution is 2.12. The van der Waals surface area contributed by atoms with Gasteiger partial charge < -0.3 is 4.74 Å². The molecule has 0 amide bonds. The van der Waals surface area contributed by atoms with Crippen molar-refractivity contribution >= 4 is 17.7 Å². The van der Waals surface area contributed by atoms with E-state index in [1.165, 1.54) is 16.7 Å². The number of rotatable bonds is 6. The van der Waals surface area contributed by atoms with E-state index >= 15 is 0 Å². The largest absolute Gasteiger partial charge is 0.465 e. The molecule has 0 aliphatic carbocycles. The molecular formula is C14H20O2S. The Bertz CT molecular complexity index is 374. The van der Waals surface area contributed by atoms with Gasteiger partial charge in [0.1, 0.15) is 6.61 Å². The highest BCUT2D eigenvalue weighted by molar-refractivity contribution is 7.98. The predicted octanol–water partition coefficient (Wildman–Crippen LogP) is 3.14. The van der Waals surface area contributed by atoms with Gasteiger partial charge in [-0.1, -0.05) is 23.8 Å². The number of benzene rings is 1. The van der Waals surface area contributed by atoms with E-state index in [-0.39, 0.29) is 5.97 Å². The van der Waals surface area contributed by atoms with Crippen molar-refractivity contribution in [2.24, 2.45) is 0 Å². The number of esters is 1. The third-order valence-corrected chi connectivity index (χ3v) is 3.22. The number of carbonyl (C=O) groups excluding carboxylic acids is 1. The van der Waals surface area contributed by atoms with Crippen LogP contribution in [0.2, 0.25) is 0 Å². The molecule has 0 aliphatic heterocycles. The number of hydrogen-bond donors (Lipinski definition) is 0. The normalized spacial score (nSPS) is 10.3. The Hall–Kier alpha value is -0.960. The van der Waals surface area contributed by atoms with E-state index in [0.717, 1.165) is 12.2 Å². The van der Waals surface area contributed by atoms with Crippen LogP contribution in [0.1, 0.15) is 23.1 Å². The van der Waals surface area contributed by atoms with Crippen molar-refractivity contribution in [3.05, 3.63) is 34.9 Å². The lowest BCUT2D eigenvalue weighted by molar-refractivity contribution is -0.142. The van der Waals surface area contributed by atoms with Crippen molar-refractivity contribution in [1.29, 1.82) is 0 Å². The third-order valence-electron chi connectivity index (χ3n) is 2.65. The van der Waals surface area contributed by atoms with E-state index in [0.29, 0.717) is 13.0 Å². The summed E-state index contributed by atoms with van der Waals surface area (Å²) in [5, 5.41) is 0. The Balaban J connectivity index is 2.37. The molecule has 0 unspecified atom stereocenters. The van der Waals surface area contributed by atoms with Gasteiger partial charge in [0.15, 0.2) is 0 Å². The molecule has 2 nitrogen and oxygen atoms in total. The molecule has 1 rings (SSSR count). The zero-order valence-electron chi connectivity index (χ0n) is 10.8. The van der Waals surface area contributed by atoms with Gasteiger partial charge in [-0.2, -0.15) is 11.8 Å². The van der Waals surface area contributed by atoms with Gasteiger partial charge in [0, 0.05) is 12.2 Å². The van der Waals surface area contributed by atoms with Crippen LogP contribution in [-0.4, -0.2) is 24.6 Å². The molecule has 0 aliphatic rings. The van der Waals surface area contributed by atoms with Crippen molar-refractivity contribution in [3.8, 4) is 0 Å². The summed E-state index contributed by atoms with van der Waals surface area (Å²) in [6, 6.07) is 6.33. The molecule has 0 atom stereocenters. The molecular weight excluding hydrogens is 232 g/mol. The molecule has 94 valence electrons. The molecule has 0 N–H and O–H groups in total. The van der Waals surface area contributed by atoms with Crippen LogP contribution in [0.5, 0.6) is 0 Å². The quantitative estimate of drug-likeness (QED) is 0.574. The van der Waals surface area contributed by atoms with Gasteiger partial charge in [-0.05, 0) is 37.7 Å². The van der Waals surface area contributed by atoms with Crippen LogP contribution >= 0.6 is 11.8 Å². The zero-order chi connectivity index (χ0) is 12.7. The first-order chi connectivity index (χ1) is 8.13. The maximum Gasteiger partial charge on any atom is 0.306 e. The Morgan fingerprint density at radius 1 is 1.35 bits per heavy atom. The lowest BCUT2D eigenvalue weighted by Crippen LogP contribution is -2.08. The molecule has 17 heavy (non-hydrogen) atoms. The summed E-state index contributed by atoms with van der Waals surface area (Å²) in [6.07, 6.45) is 3.24. The van der Waals surface area contributed by atoms with Crippen molar-refractivity contribution in [2.45, 2.75) is 26.7 Å². The van der Waals surface area contributed by atoms with Crippen LogP contribution in [0.3, 0.4) is 0 Å². The zero-order valence-corrected chi connectivity index (χ0v) is 11.6. The van der Waals surface area contributed by atoms with E-state index in [2.05, 4.69) is 32.0 Å². The minimum atomic E-state index is -0.0981. The smallest absolute Gasteiger partial charge is 0.306 e. The highest BCUT2D eigenvalue weighted by Gasteiger charge is 2.05. The van der Waals surface area contributed by atoms with Crippen LogP contribution in [-0.2, 0) is 16.0 Å². The second-order valence-corrected chi connectivity index (χ2v) is 5.13. The van der Waals surface area contributed by atoms with Crippen molar-refractivity contribution in [1.82, 2.24) is 0 Å². The Kier molecular flexibility index (Phi) is 6.12. The maximum absolute atomic E-state index is 11.4. The van der Waals surface area contributed by atoms with Crippen LogP contribution in [0.4, 0.5) is 0 Å². The first kappa shape index (κ1) is 14.1. The molecule has 1 aromatic rings. The van der Waals surface area contributed by atoms with Crippen molar-refractivity contribution in [2.75, 3.05) is 18.6 Å². The molecule has 0 spiro atoms. The summed E-state index contributed by atoms with van der Waals surface area (Å²) in [4.78, 5) is 11.4. The fraction of sp³-hybridized carbons (Fsp3) is 0.500. The monoisotopic (exact) mass is 252 g/mol. The van der Waals surface area contributed by atoms with E-state index in [1.807, 2.05) is 6.26 Å². The number of hydrogen-bond acceptors (Lipinski definition) is 3. The molecule has 0 aromatic heterocycles. The number of ether oxygens (including phenoxy) is 1. The summed E-state index contributed by atoms with van der Waals surface area (Å²) in [5.74, 6) is 0.772. The fourth-order valence-corrected chi connectivity index (χ4v) is 1.92. The third kappa shape index (κ3) is 5.26. The van der Waals surface area contributed by atoms with Crippen molar-refractivity contribution < 1.29 is 9.53 Å². The van der Waals surface area contributed by atoms with E-state index in [4.69, 9.17) is 4.74 Å². The number of carbonyl (C=O) groups is 1. The van der Waals surface area contributed by atoms with Crippen molar-refractivity contribution in [3.63, 3.8) is 0 Å². The average molecular weight is 252 g/mol. The van der Waals surface area contributed by atoms with Crippen LogP contribution < -0.4 is 0 Å². The Morgan fingerprint density at radius 2 is 2.12 bits per heavy atom. The molecule has 0 heterocycles. The molecule has 0 saturated carbocycles. The summed E-state index contributed by atoms with van der Waals surface area (Å²) in [5.41, 5.74) is 3.74. The fourth-order valence-electron chi connectivity index (χ4n) is 1.67. The van der Waals surface area contributed by atoms with Gasteiger partial charge in [-0.3, -0.25) is 4.79 Å². The summed E-state index contributed by atoms with van der Waals surface area (Å²) in [6.45, 7) is 4.68. The van der Waals surface area contributed by atoms with Gasteiger partial charge in [0.05, 0.1) is 0 Å². The maximum atomic E-state index is 11.4. The molecule has 0 saturated heterocycles.